The largest absolute Gasteiger partial charge is 0.478 e. The summed E-state index contributed by atoms with van der Waals surface area (Å²) in [7, 11) is 0. The van der Waals surface area contributed by atoms with Crippen LogP contribution < -0.4 is 0 Å². The Bertz CT molecular complexity index is 274. The molecule has 0 aromatic carbocycles. The van der Waals surface area contributed by atoms with Crippen LogP contribution in [0.1, 0.15) is 39.0 Å². The molecular weight excluding hydrogens is 196 g/mol. The van der Waals surface area contributed by atoms with Gasteiger partial charge in [0.2, 0.25) is 0 Å². The zero-order valence-electron chi connectivity index (χ0n) is 8.86. The summed E-state index contributed by atoms with van der Waals surface area (Å²) in [6.45, 7) is 1.99. The highest BCUT2D eigenvalue weighted by atomic mass is 16.6. The van der Waals surface area contributed by atoms with Crippen LogP contribution in [0.3, 0.4) is 0 Å². The number of hydrogen-bond donors (Lipinski definition) is 1. The highest BCUT2D eigenvalue weighted by Gasteiger charge is 2.35. The summed E-state index contributed by atoms with van der Waals surface area (Å²) in [5.74, 6) is -1.69. The second kappa shape index (κ2) is 4.96. The Balaban J connectivity index is 2.52. The number of ether oxygens (including phenoxy) is 1. The molecule has 0 aromatic rings. The number of hydrogen-bond acceptors (Lipinski definition) is 3. The van der Waals surface area contributed by atoms with Crippen molar-refractivity contribution < 1.29 is 19.4 Å². The lowest BCUT2D eigenvalue weighted by atomic mass is 9.99. The van der Waals surface area contributed by atoms with Crippen LogP contribution in [0.4, 0.5) is 0 Å². The molecule has 0 amide bonds. The quantitative estimate of drug-likeness (QED) is 0.571. The molecule has 15 heavy (non-hydrogen) atoms. The Labute approximate surface area is 88.9 Å². The van der Waals surface area contributed by atoms with Crippen LogP contribution >= 0.6 is 0 Å². The highest BCUT2D eigenvalue weighted by Crippen LogP contribution is 2.35. The molecule has 0 heterocycles. The first kappa shape index (κ1) is 11.8. The summed E-state index contributed by atoms with van der Waals surface area (Å²) in [5, 5.41) is 8.35. The molecule has 0 unspecified atom stereocenters. The SMILES string of the molecule is CCC1(OC(=O)C=CC(=O)O)CCCC1. The van der Waals surface area contributed by atoms with Crippen LogP contribution in [0, 0.1) is 0 Å². The molecule has 4 heteroatoms. The van der Waals surface area contributed by atoms with E-state index < -0.39 is 11.9 Å². The monoisotopic (exact) mass is 212 g/mol. The topological polar surface area (TPSA) is 63.6 Å². The number of carboxylic acids is 1. The van der Waals surface area contributed by atoms with Gasteiger partial charge in [-0.2, -0.15) is 0 Å². The van der Waals surface area contributed by atoms with E-state index in [9.17, 15) is 9.59 Å². The van der Waals surface area contributed by atoms with Crippen molar-refractivity contribution in [3.05, 3.63) is 12.2 Å². The maximum atomic E-state index is 11.3. The van der Waals surface area contributed by atoms with Gasteiger partial charge >= 0.3 is 11.9 Å². The zero-order valence-corrected chi connectivity index (χ0v) is 8.86. The van der Waals surface area contributed by atoms with Crippen LogP contribution in [0.5, 0.6) is 0 Å². The molecule has 0 aliphatic heterocycles. The summed E-state index contributed by atoms with van der Waals surface area (Å²) < 4.78 is 5.31. The minimum absolute atomic E-state index is 0.347. The van der Waals surface area contributed by atoms with Crippen molar-refractivity contribution >= 4 is 11.9 Å². The number of carbonyl (C=O) groups excluding carboxylic acids is 1. The van der Waals surface area contributed by atoms with Gasteiger partial charge in [-0.15, -0.1) is 0 Å². The Morgan fingerprint density at radius 1 is 1.33 bits per heavy atom. The van der Waals surface area contributed by atoms with Gasteiger partial charge in [-0.25, -0.2) is 9.59 Å². The minimum Gasteiger partial charge on any atom is -0.478 e. The standard InChI is InChI=1S/C11H16O4/c1-2-11(7-3-4-8-11)15-10(14)6-5-9(12)13/h5-6H,2-4,7-8H2,1H3,(H,12,13). The molecule has 1 rings (SSSR count). The summed E-state index contributed by atoms with van der Waals surface area (Å²) in [6, 6.07) is 0. The molecule has 1 saturated carbocycles. The molecule has 1 aliphatic rings. The number of esters is 1. The molecule has 4 nitrogen and oxygen atoms in total. The van der Waals surface area contributed by atoms with Crippen molar-refractivity contribution in [1.29, 1.82) is 0 Å². The van der Waals surface area contributed by atoms with Crippen molar-refractivity contribution in [2.75, 3.05) is 0 Å². The molecule has 0 spiro atoms. The molecular formula is C11H16O4. The van der Waals surface area contributed by atoms with Crippen LogP contribution in [0.15, 0.2) is 12.2 Å². The lowest BCUT2D eigenvalue weighted by Gasteiger charge is -2.26. The van der Waals surface area contributed by atoms with Gasteiger partial charge in [-0.1, -0.05) is 6.92 Å². The van der Waals surface area contributed by atoms with E-state index in [1.165, 1.54) is 0 Å². The number of aliphatic carboxylic acids is 1. The first-order chi connectivity index (χ1) is 7.08. The summed E-state index contributed by atoms with van der Waals surface area (Å²) in [4.78, 5) is 21.5. The third-order valence-electron chi connectivity index (χ3n) is 2.84. The van der Waals surface area contributed by atoms with Gasteiger partial charge in [0.15, 0.2) is 0 Å². The molecule has 1 aliphatic carbocycles. The minimum atomic E-state index is -1.14. The van der Waals surface area contributed by atoms with E-state index in [1.807, 2.05) is 6.92 Å². The number of carbonyl (C=O) groups is 2. The van der Waals surface area contributed by atoms with Crippen molar-refractivity contribution in [2.45, 2.75) is 44.6 Å². The molecule has 1 fully saturated rings. The number of carboxylic acid groups (broad SMARTS) is 1. The normalized spacial score (nSPS) is 19.3. The molecule has 0 aromatic heterocycles. The van der Waals surface area contributed by atoms with E-state index in [1.54, 1.807) is 0 Å². The van der Waals surface area contributed by atoms with Gasteiger partial charge in [0.25, 0.3) is 0 Å². The van der Waals surface area contributed by atoms with Crippen molar-refractivity contribution in [1.82, 2.24) is 0 Å². The average molecular weight is 212 g/mol. The molecule has 0 atom stereocenters. The van der Waals surface area contributed by atoms with Crippen LogP contribution in [-0.4, -0.2) is 22.6 Å². The van der Waals surface area contributed by atoms with Gasteiger partial charge in [0.05, 0.1) is 0 Å². The predicted octanol–water partition coefficient (Wildman–Crippen LogP) is 1.89. The smallest absolute Gasteiger partial charge is 0.331 e. The van der Waals surface area contributed by atoms with E-state index in [0.29, 0.717) is 0 Å². The molecule has 84 valence electrons. The Kier molecular flexibility index (Phi) is 3.88. The Morgan fingerprint density at radius 3 is 2.40 bits per heavy atom. The lowest BCUT2D eigenvalue weighted by molar-refractivity contribution is -0.153. The third-order valence-corrected chi connectivity index (χ3v) is 2.84. The lowest BCUT2D eigenvalue weighted by Crippen LogP contribution is -2.30. The van der Waals surface area contributed by atoms with Gasteiger partial charge in [0.1, 0.15) is 5.60 Å². The fourth-order valence-corrected chi connectivity index (χ4v) is 1.93. The van der Waals surface area contributed by atoms with Crippen LogP contribution in [0.2, 0.25) is 0 Å². The number of rotatable bonds is 4. The van der Waals surface area contributed by atoms with E-state index in [-0.39, 0.29) is 5.60 Å². The molecule has 0 bridgehead atoms. The fourth-order valence-electron chi connectivity index (χ4n) is 1.93. The molecule has 0 radical (unpaired) electrons. The average Bonchev–Trinajstić information content (AvgIpc) is 2.64. The van der Waals surface area contributed by atoms with Crippen molar-refractivity contribution in [2.24, 2.45) is 0 Å². The summed E-state index contributed by atoms with van der Waals surface area (Å²) in [5.41, 5.74) is -0.347. The van der Waals surface area contributed by atoms with E-state index >= 15 is 0 Å². The first-order valence-corrected chi connectivity index (χ1v) is 5.22. The van der Waals surface area contributed by atoms with Crippen molar-refractivity contribution in [3.8, 4) is 0 Å². The van der Waals surface area contributed by atoms with E-state index in [2.05, 4.69) is 0 Å². The summed E-state index contributed by atoms with van der Waals surface area (Å²) in [6.07, 6.45) is 6.48. The predicted molar refractivity (Wildman–Crippen MR) is 54.4 cm³/mol. The second-order valence-corrected chi connectivity index (χ2v) is 3.84. The van der Waals surface area contributed by atoms with Gasteiger partial charge < -0.3 is 9.84 Å². The highest BCUT2D eigenvalue weighted by molar-refractivity contribution is 5.90. The van der Waals surface area contributed by atoms with Crippen LogP contribution in [0.25, 0.3) is 0 Å². The maximum absolute atomic E-state index is 11.3. The van der Waals surface area contributed by atoms with E-state index in [4.69, 9.17) is 9.84 Å². The van der Waals surface area contributed by atoms with Gasteiger partial charge in [-0.05, 0) is 32.1 Å². The van der Waals surface area contributed by atoms with Gasteiger partial charge in [-0.3, -0.25) is 0 Å². The first-order valence-electron chi connectivity index (χ1n) is 5.22. The maximum Gasteiger partial charge on any atom is 0.331 e. The molecule has 1 N–H and O–H groups in total. The summed E-state index contributed by atoms with van der Waals surface area (Å²) >= 11 is 0. The van der Waals surface area contributed by atoms with Crippen molar-refractivity contribution in [3.63, 3.8) is 0 Å². The second-order valence-electron chi connectivity index (χ2n) is 3.84. The van der Waals surface area contributed by atoms with Crippen LogP contribution in [-0.2, 0) is 14.3 Å². The Morgan fingerprint density at radius 2 is 1.93 bits per heavy atom. The molecule has 0 saturated heterocycles. The van der Waals surface area contributed by atoms with Gasteiger partial charge in [0, 0.05) is 12.2 Å². The van der Waals surface area contributed by atoms with E-state index in [0.717, 1.165) is 44.3 Å². The third kappa shape index (κ3) is 3.38. The fraction of sp³-hybridized carbons (Fsp3) is 0.636. The zero-order chi connectivity index (χ0) is 11.3. The Hall–Kier alpha value is -1.32.